The first-order valence-electron chi connectivity index (χ1n) is 11.0. The number of carbonyl (C=O) groups is 2. The van der Waals surface area contributed by atoms with Crippen molar-refractivity contribution in [3.8, 4) is 0 Å². The van der Waals surface area contributed by atoms with E-state index in [1.54, 1.807) is 0 Å². The molecule has 176 valence electrons. The molecule has 2 bridgehead atoms. The molecule has 0 aliphatic carbocycles. The van der Waals surface area contributed by atoms with Crippen LogP contribution in [0.15, 0.2) is 34.8 Å². The number of hydrogen-bond donors (Lipinski definition) is 0. The second kappa shape index (κ2) is 7.58. The highest BCUT2D eigenvalue weighted by Gasteiger charge is 2.64. The lowest BCUT2D eigenvalue weighted by atomic mass is 9.83. The first kappa shape index (κ1) is 21.9. The lowest BCUT2D eigenvalue weighted by Crippen LogP contribution is -2.66. The van der Waals surface area contributed by atoms with Crippen LogP contribution in [-0.2, 0) is 25.2 Å². The van der Waals surface area contributed by atoms with Crippen LogP contribution in [-0.4, -0.2) is 45.7 Å². The summed E-state index contributed by atoms with van der Waals surface area (Å²) in [6, 6.07) is 3.19. The maximum absolute atomic E-state index is 13.1. The number of carbonyl (C=O) groups excluding carboxylic acids is 2. The Morgan fingerprint density at radius 2 is 2.00 bits per heavy atom. The van der Waals surface area contributed by atoms with E-state index in [1.807, 2.05) is 13.8 Å². The smallest absolute Gasteiger partial charge is 0.416 e. The minimum atomic E-state index is -4.51. The van der Waals surface area contributed by atoms with E-state index in [9.17, 15) is 22.8 Å². The van der Waals surface area contributed by atoms with Crippen LogP contribution in [0.25, 0.3) is 11.1 Å². The van der Waals surface area contributed by atoms with Gasteiger partial charge in [0.2, 0.25) is 11.6 Å². The molecule has 3 aliphatic rings. The summed E-state index contributed by atoms with van der Waals surface area (Å²) in [4.78, 5) is 31.5. The van der Waals surface area contributed by atoms with Gasteiger partial charge in [-0.25, -0.2) is 14.6 Å². The van der Waals surface area contributed by atoms with Gasteiger partial charge in [-0.15, -0.1) is 0 Å². The molecule has 2 aromatic rings. The number of esters is 2. The summed E-state index contributed by atoms with van der Waals surface area (Å²) in [6.07, 6.45) is -0.883. The van der Waals surface area contributed by atoms with Crippen LogP contribution in [0.1, 0.15) is 56.9 Å². The third kappa shape index (κ3) is 3.51. The van der Waals surface area contributed by atoms with Crippen molar-refractivity contribution in [2.45, 2.75) is 75.5 Å². The molecule has 0 radical (unpaired) electrons. The predicted molar refractivity (Wildman–Crippen MR) is 109 cm³/mol. The lowest BCUT2D eigenvalue weighted by molar-refractivity contribution is -0.239. The van der Waals surface area contributed by atoms with Crippen molar-refractivity contribution in [1.29, 1.82) is 0 Å². The molecule has 1 aromatic heterocycles. The van der Waals surface area contributed by atoms with Gasteiger partial charge in [-0.05, 0) is 44.4 Å². The number of aromatic nitrogens is 1. The molecule has 33 heavy (non-hydrogen) atoms. The summed E-state index contributed by atoms with van der Waals surface area (Å²) < 4.78 is 57.0. The van der Waals surface area contributed by atoms with Crippen molar-refractivity contribution in [2.24, 2.45) is 0 Å². The molecule has 5 rings (SSSR count). The van der Waals surface area contributed by atoms with E-state index in [2.05, 4.69) is 9.88 Å². The number of piperidine rings is 1. The Balaban J connectivity index is 1.61. The molecule has 2 fully saturated rings. The van der Waals surface area contributed by atoms with Gasteiger partial charge in [0.25, 0.3) is 0 Å². The minimum absolute atomic E-state index is 0.000334. The molecule has 10 heteroatoms. The van der Waals surface area contributed by atoms with Crippen LogP contribution in [0, 0.1) is 0 Å². The molecule has 5 atom stereocenters. The van der Waals surface area contributed by atoms with Crippen LogP contribution in [0.2, 0.25) is 0 Å². The highest BCUT2D eigenvalue weighted by Crippen LogP contribution is 2.53. The Hall–Kier alpha value is -2.88. The number of hydrogen-bond acceptors (Lipinski definition) is 7. The van der Waals surface area contributed by atoms with E-state index in [0.29, 0.717) is 19.3 Å². The van der Waals surface area contributed by atoms with E-state index in [0.717, 1.165) is 30.7 Å². The summed E-state index contributed by atoms with van der Waals surface area (Å²) in [5, 5.41) is 0. The fourth-order valence-corrected chi connectivity index (χ4v) is 5.48. The van der Waals surface area contributed by atoms with Gasteiger partial charge in [0.05, 0.1) is 11.5 Å². The summed E-state index contributed by atoms with van der Waals surface area (Å²) in [5.41, 5.74) is -1.76. The highest BCUT2D eigenvalue weighted by atomic mass is 19.4. The van der Waals surface area contributed by atoms with Crippen molar-refractivity contribution in [3.63, 3.8) is 0 Å². The van der Waals surface area contributed by atoms with Gasteiger partial charge in [0, 0.05) is 30.7 Å². The monoisotopic (exact) mass is 464 g/mol. The largest absolute Gasteiger partial charge is 0.453 e. The van der Waals surface area contributed by atoms with Crippen LogP contribution < -0.4 is 0 Å². The number of benzene rings is 1. The first-order chi connectivity index (χ1) is 15.6. The summed E-state index contributed by atoms with van der Waals surface area (Å²) >= 11 is 0. The van der Waals surface area contributed by atoms with Gasteiger partial charge in [-0.2, -0.15) is 13.2 Å². The molecule has 2 saturated heterocycles. The van der Waals surface area contributed by atoms with E-state index < -0.39 is 41.4 Å². The third-order valence-corrected chi connectivity index (χ3v) is 6.99. The average molecular weight is 464 g/mol. The Bertz CT molecular complexity index is 1140. The Morgan fingerprint density at radius 1 is 1.24 bits per heavy atom. The number of oxazole rings is 1. The molecule has 0 N–H and O–H groups in total. The normalized spacial score (nSPS) is 32.0. The van der Waals surface area contributed by atoms with E-state index in [1.165, 1.54) is 6.07 Å². The number of fused-ring (bicyclic) bond motifs is 2. The lowest BCUT2D eigenvalue weighted by Gasteiger charge is -2.52. The van der Waals surface area contributed by atoms with Gasteiger partial charge in [0.15, 0.2) is 11.7 Å². The number of halogens is 3. The van der Waals surface area contributed by atoms with Crippen LogP contribution in [0.4, 0.5) is 13.2 Å². The number of nitrogens with zero attached hydrogens (tertiary/aromatic N) is 2. The number of ether oxygens (including phenoxy) is 2. The molecule has 5 unspecified atom stereocenters. The molecular weight excluding hydrogens is 441 g/mol. The molecular formula is C23H23F3N2O5. The predicted octanol–water partition coefficient (Wildman–Crippen LogP) is 4.32. The molecule has 3 aliphatic heterocycles. The van der Waals surface area contributed by atoms with Crippen LogP contribution in [0.3, 0.4) is 0 Å². The molecule has 4 heterocycles. The average Bonchev–Trinajstić information content (AvgIpc) is 3.30. The van der Waals surface area contributed by atoms with Crippen molar-refractivity contribution in [3.05, 3.63) is 41.8 Å². The number of alkyl halides is 3. The summed E-state index contributed by atoms with van der Waals surface area (Å²) in [7, 11) is 0. The van der Waals surface area contributed by atoms with Crippen molar-refractivity contribution < 1.29 is 36.7 Å². The second-order valence-corrected chi connectivity index (χ2v) is 8.89. The maximum Gasteiger partial charge on any atom is 0.416 e. The molecule has 0 saturated carbocycles. The SMILES string of the molecule is CCC(C)N1C2CCC13OC(=O)/C=C\C(=O)OC3C(c1nc3ccc(C(F)(F)F)cc3o1)C2. The molecule has 0 amide bonds. The van der Waals surface area contributed by atoms with Crippen molar-refractivity contribution in [2.75, 3.05) is 0 Å². The van der Waals surface area contributed by atoms with Crippen molar-refractivity contribution in [1.82, 2.24) is 9.88 Å². The van der Waals surface area contributed by atoms with E-state index >= 15 is 0 Å². The van der Waals surface area contributed by atoms with Gasteiger partial charge < -0.3 is 13.9 Å². The highest BCUT2D eigenvalue weighted by molar-refractivity contribution is 5.92. The van der Waals surface area contributed by atoms with E-state index in [4.69, 9.17) is 13.9 Å². The second-order valence-electron chi connectivity index (χ2n) is 8.89. The minimum Gasteiger partial charge on any atom is -0.453 e. The summed E-state index contributed by atoms with van der Waals surface area (Å²) in [6.45, 7) is 4.05. The fraction of sp³-hybridized carbons (Fsp3) is 0.522. The topological polar surface area (TPSA) is 81.9 Å². The van der Waals surface area contributed by atoms with Gasteiger partial charge >= 0.3 is 18.1 Å². The van der Waals surface area contributed by atoms with Gasteiger partial charge in [0.1, 0.15) is 5.52 Å². The Kier molecular flexibility index (Phi) is 5.04. The zero-order valence-electron chi connectivity index (χ0n) is 18.1. The van der Waals surface area contributed by atoms with Gasteiger partial charge in [-0.1, -0.05) is 6.92 Å². The zero-order chi connectivity index (χ0) is 23.5. The van der Waals surface area contributed by atoms with E-state index in [-0.39, 0.29) is 29.1 Å². The molecule has 1 aromatic carbocycles. The Morgan fingerprint density at radius 3 is 2.73 bits per heavy atom. The molecule has 1 spiro atoms. The standard InChI is InChI=1S/C23H23F3N2O5/c1-3-12(2)28-14-8-9-22(28)20(32-18(29)6-7-19(30)33-22)15(11-14)21-27-16-5-4-13(23(24,25)26)10-17(16)31-21/h4-7,10,12,14-15,20H,3,8-9,11H2,1-2H3/b7-6-. The zero-order valence-corrected chi connectivity index (χ0v) is 18.1. The summed E-state index contributed by atoms with van der Waals surface area (Å²) in [5.74, 6) is -1.74. The quantitative estimate of drug-likeness (QED) is 0.626. The van der Waals surface area contributed by atoms with Crippen LogP contribution in [0.5, 0.6) is 0 Å². The first-order valence-corrected chi connectivity index (χ1v) is 11.0. The Labute approximate surface area is 187 Å². The van der Waals surface area contributed by atoms with Crippen molar-refractivity contribution >= 4 is 23.0 Å². The maximum atomic E-state index is 13.1. The fourth-order valence-electron chi connectivity index (χ4n) is 5.48. The number of rotatable bonds is 3. The van der Waals surface area contributed by atoms with Crippen LogP contribution >= 0.6 is 0 Å². The van der Waals surface area contributed by atoms with Gasteiger partial charge in [-0.3, -0.25) is 4.90 Å². The third-order valence-electron chi connectivity index (χ3n) is 6.99. The molecule has 7 nitrogen and oxygen atoms in total.